The van der Waals surface area contributed by atoms with Crippen LogP contribution in [0.5, 0.6) is 0 Å². The summed E-state index contributed by atoms with van der Waals surface area (Å²) in [4.78, 5) is 6.08. The van der Waals surface area contributed by atoms with Crippen molar-refractivity contribution in [2.24, 2.45) is 0 Å². The van der Waals surface area contributed by atoms with Crippen LogP contribution in [-0.4, -0.2) is 75.6 Å². The number of nitrogens with one attached hydrogen (secondary N) is 2. The molecule has 24 heavy (non-hydrogen) atoms. The molecule has 0 spiro atoms. The molecule has 0 saturated carbocycles. The Balaban J connectivity index is 1.37. The number of anilines is 1. The maximum atomic E-state index is 13.0. The van der Waals surface area contributed by atoms with Crippen molar-refractivity contribution in [3.05, 3.63) is 30.1 Å². The van der Waals surface area contributed by atoms with E-state index in [-0.39, 0.29) is 5.82 Å². The molecule has 2 aliphatic heterocycles. The van der Waals surface area contributed by atoms with E-state index in [2.05, 4.69) is 15.1 Å². The highest BCUT2D eigenvalue weighted by Gasteiger charge is 2.19. The number of piperazine rings is 1. The number of morpholine rings is 1. The number of nitrogens with zero attached hydrogens (tertiary/aromatic N) is 2. The normalized spacial score (nSPS) is 19.4. The average molecular weight is 353 g/mol. The van der Waals surface area contributed by atoms with Gasteiger partial charge in [-0.05, 0) is 36.5 Å². The standard InChI is InChI=1S/C17H25FN4OS/c18-15-1-3-16(4-2-15)21-7-9-22(10-8-21)17(24)19-5-6-20-11-13-23-14-12-20/h1-4H,5-14H2,(H,19,24)/p+1. The molecule has 0 atom stereocenters. The molecular weight excluding hydrogens is 327 g/mol. The summed E-state index contributed by atoms with van der Waals surface area (Å²) in [6.45, 7) is 9.50. The smallest absolute Gasteiger partial charge is 0.169 e. The van der Waals surface area contributed by atoms with Crippen molar-refractivity contribution in [1.82, 2.24) is 10.2 Å². The number of halogens is 1. The molecule has 0 aromatic heterocycles. The van der Waals surface area contributed by atoms with E-state index >= 15 is 0 Å². The molecule has 0 amide bonds. The number of hydrogen-bond acceptors (Lipinski definition) is 3. The summed E-state index contributed by atoms with van der Waals surface area (Å²) in [5, 5.41) is 4.24. The van der Waals surface area contributed by atoms with Crippen LogP contribution in [0.1, 0.15) is 0 Å². The van der Waals surface area contributed by atoms with Gasteiger partial charge < -0.3 is 24.8 Å². The Kier molecular flexibility index (Phi) is 6.23. The Morgan fingerprint density at radius 3 is 2.46 bits per heavy atom. The zero-order chi connectivity index (χ0) is 16.8. The van der Waals surface area contributed by atoms with E-state index in [0.717, 1.165) is 76.4 Å². The summed E-state index contributed by atoms with van der Waals surface area (Å²) in [5.74, 6) is -0.190. The molecule has 2 heterocycles. The Morgan fingerprint density at radius 1 is 1.12 bits per heavy atom. The van der Waals surface area contributed by atoms with Gasteiger partial charge in [-0.25, -0.2) is 4.39 Å². The highest BCUT2D eigenvalue weighted by Crippen LogP contribution is 2.16. The first-order valence-electron chi connectivity index (χ1n) is 8.67. The highest BCUT2D eigenvalue weighted by molar-refractivity contribution is 7.80. The highest BCUT2D eigenvalue weighted by atomic mass is 32.1. The minimum Gasteiger partial charge on any atom is -0.370 e. The van der Waals surface area contributed by atoms with Gasteiger partial charge in [-0.15, -0.1) is 0 Å². The molecule has 5 nitrogen and oxygen atoms in total. The van der Waals surface area contributed by atoms with Crippen LogP contribution in [-0.2, 0) is 4.74 Å². The lowest BCUT2D eigenvalue weighted by Gasteiger charge is -2.37. The van der Waals surface area contributed by atoms with Crippen LogP contribution in [0, 0.1) is 5.82 Å². The maximum Gasteiger partial charge on any atom is 0.169 e. The summed E-state index contributed by atoms with van der Waals surface area (Å²) in [6.07, 6.45) is 0. The van der Waals surface area contributed by atoms with E-state index in [4.69, 9.17) is 17.0 Å². The Morgan fingerprint density at radius 2 is 1.79 bits per heavy atom. The molecule has 132 valence electrons. The van der Waals surface area contributed by atoms with E-state index in [0.29, 0.717) is 0 Å². The number of benzene rings is 1. The number of hydrogen-bond donors (Lipinski definition) is 2. The Bertz CT molecular complexity index is 528. The van der Waals surface area contributed by atoms with Crippen LogP contribution >= 0.6 is 12.2 Å². The van der Waals surface area contributed by atoms with E-state index in [1.807, 2.05) is 12.1 Å². The molecule has 2 saturated heterocycles. The first-order chi connectivity index (χ1) is 11.7. The topological polar surface area (TPSA) is 32.2 Å². The third-order valence-electron chi connectivity index (χ3n) is 4.71. The van der Waals surface area contributed by atoms with Gasteiger partial charge in [-0.3, -0.25) is 0 Å². The molecule has 0 bridgehead atoms. The third kappa shape index (κ3) is 4.78. The molecule has 1 aromatic carbocycles. The number of rotatable bonds is 4. The minimum atomic E-state index is -0.190. The van der Waals surface area contributed by atoms with Gasteiger partial charge in [0.25, 0.3) is 0 Å². The van der Waals surface area contributed by atoms with Gasteiger partial charge in [0, 0.05) is 31.9 Å². The molecule has 3 rings (SSSR count). The monoisotopic (exact) mass is 353 g/mol. The molecule has 1 aromatic rings. The van der Waals surface area contributed by atoms with Gasteiger partial charge in [-0.2, -0.15) is 0 Å². The van der Waals surface area contributed by atoms with Crippen LogP contribution in [0.4, 0.5) is 10.1 Å². The van der Waals surface area contributed by atoms with Crippen molar-refractivity contribution in [2.75, 3.05) is 70.5 Å². The summed E-state index contributed by atoms with van der Waals surface area (Å²) in [5.41, 5.74) is 1.07. The van der Waals surface area contributed by atoms with Gasteiger partial charge in [0.1, 0.15) is 18.9 Å². The number of thiocarbonyl (C=S) groups is 1. The average Bonchev–Trinajstić information content (AvgIpc) is 2.63. The summed E-state index contributed by atoms with van der Waals surface area (Å²) >= 11 is 5.53. The van der Waals surface area contributed by atoms with E-state index in [1.54, 1.807) is 4.90 Å². The van der Waals surface area contributed by atoms with Gasteiger partial charge in [0.15, 0.2) is 5.11 Å². The van der Waals surface area contributed by atoms with Crippen LogP contribution in [0.25, 0.3) is 0 Å². The third-order valence-corrected chi connectivity index (χ3v) is 5.12. The minimum absolute atomic E-state index is 0.190. The van der Waals surface area contributed by atoms with E-state index in [1.165, 1.54) is 12.1 Å². The maximum absolute atomic E-state index is 13.0. The predicted molar refractivity (Wildman–Crippen MR) is 97.2 cm³/mol. The van der Waals surface area contributed by atoms with Crippen molar-refractivity contribution in [3.8, 4) is 0 Å². The van der Waals surface area contributed by atoms with E-state index in [9.17, 15) is 4.39 Å². The van der Waals surface area contributed by atoms with Gasteiger partial charge in [0.05, 0.1) is 26.3 Å². The molecule has 2 aliphatic rings. The molecule has 7 heteroatoms. The molecule has 2 fully saturated rings. The van der Waals surface area contributed by atoms with Crippen molar-refractivity contribution < 1.29 is 14.0 Å². The zero-order valence-corrected chi connectivity index (χ0v) is 14.8. The van der Waals surface area contributed by atoms with Crippen LogP contribution in [0.2, 0.25) is 0 Å². The first kappa shape index (κ1) is 17.4. The lowest BCUT2D eigenvalue weighted by Crippen LogP contribution is -3.14. The fraction of sp³-hybridized carbons (Fsp3) is 0.588. The second-order valence-electron chi connectivity index (χ2n) is 6.29. The predicted octanol–water partition coefficient (Wildman–Crippen LogP) is -0.263. The zero-order valence-electron chi connectivity index (χ0n) is 14.0. The molecule has 0 aliphatic carbocycles. The lowest BCUT2D eigenvalue weighted by atomic mass is 10.2. The van der Waals surface area contributed by atoms with Crippen molar-refractivity contribution in [1.29, 1.82) is 0 Å². The van der Waals surface area contributed by atoms with Gasteiger partial charge in [-0.1, -0.05) is 0 Å². The number of ether oxygens (including phenoxy) is 1. The van der Waals surface area contributed by atoms with Gasteiger partial charge in [0.2, 0.25) is 0 Å². The molecular formula is C17H26FN4OS+. The van der Waals surface area contributed by atoms with Crippen LogP contribution < -0.4 is 15.1 Å². The van der Waals surface area contributed by atoms with Crippen molar-refractivity contribution in [3.63, 3.8) is 0 Å². The summed E-state index contributed by atoms with van der Waals surface area (Å²) in [6, 6.07) is 6.71. The fourth-order valence-corrected chi connectivity index (χ4v) is 3.47. The lowest BCUT2D eigenvalue weighted by molar-refractivity contribution is -0.906. The largest absolute Gasteiger partial charge is 0.370 e. The fourth-order valence-electron chi connectivity index (χ4n) is 3.19. The molecule has 2 N–H and O–H groups in total. The van der Waals surface area contributed by atoms with E-state index < -0.39 is 0 Å². The second-order valence-corrected chi connectivity index (χ2v) is 6.68. The second kappa shape index (κ2) is 8.60. The van der Waals surface area contributed by atoms with Crippen LogP contribution in [0.15, 0.2) is 24.3 Å². The summed E-state index contributed by atoms with van der Waals surface area (Å²) < 4.78 is 18.4. The summed E-state index contributed by atoms with van der Waals surface area (Å²) in [7, 11) is 0. The van der Waals surface area contributed by atoms with Gasteiger partial charge >= 0.3 is 0 Å². The first-order valence-corrected chi connectivity index (χ1v) is 9.08. The molecule has 0 radical (unpaired) electrons. The van der Waals surface area contributed by atoms with Crippen molar-refractivity contribution in [2.45, 2.75) is 0 Å². The Hall–Kier alpha value is -1.44. The Labute approximate surface area is 148 Å². The van der Waals surface area contributed by atoms with Crippen LogP contribution in [0.3, 0.4) is 0 Å². The SMILES string of the molecule is Fc1ccc(N2CCN(C(=S)NCC[NH+]3CCOCC3)CC2)cc1. The van der Waals surface area contributed by atoms with Crippen molar-refractivity contribution >= 4 is 23.0 Å². The quantitative estimate of drug-likeness (QED) is 0.729. The molecule has 0 unspecified atom stereocenters. The number of quaternary nitrogens is 1.